The molecular weight excluding hydrogens is 380 g/mol. The van der Waals surface area contributed by atoms with Crippen molar-refractivity contribution in [3.8, 4) is 5.75 Å². The van der Waals surface area contributed by atoms with Crippen LogP contribution in [-0.4, -0.2) is 17.1 Å². The van der Waals surface area contributed by atoms with E-state index in [-0.39, 0.29) is 0 Å². The van der Waals surface area contributed by atoms with E-state index in [2.05, 4.69) is 55.6 Å². The maximum Gasteiger partial charge on any atom is 0.136 e. The van der Waals surface area contributed by atoms with Crippen molar-refractivity contribution in [3.05, 3.63) is 64.4 Å². The van der Waals surface area contributed by atoms with Gasteiger partial charge in [-0.05, 0) is 71.7 Å². The summed E-state index contributed by atoms with van der Waals surface area (Å²) in [4.78, 5) is 8.90. The number of anilines is 4. The van der Waals surface area contributed by atoms with E-state index in [4.69, 9.17) is 4.74 Å². The second kappa shape index (κ2) is 7.53. The first kappa shape index (κ1) is 17.2. The fourth-order valence-corrected chi connectivity index (χ4v) is 2.97. The summed E-state index contributed by atoms with van der Waals surface area (Å²) in [6, 6.07) is 15.7. The number of rotatable bonds is 5. The Morgan fingerprint density at radius 1 is 0.880 bits per heavy atom. The SMILES string of the molecule is COc1ccc(Nc2cc(Nc3ccc(C)cc3Br)nc(C)n2)cc1. The minimum absolute atomic E-state index is 0.684. The van der Waals surface area contributed by atoms with E-state index in [1.807, 2.05) is 43.3 Å². The fraction of sp³-hybridized carbons (Fsp3) is 0.158. The largest absolute Gasteiger partial charge is 0.497 e. The van der Waals surface area contributed by atoms with Gasteiger partial charge in [-0.25, -0.2) is 9.97 Å². The molecule has 0 saturated carbocycles. The number of methoxy groups -OCH3 is 1. The summed E-state index contributed by atoms with van der Waals surface area (Å²) in [5, 5.41) is 6.61. The molecule has 0 saturated heterocycles. The molecule has 3 rings (SSSR count). The van der Waals surface area contributed by atoms with Gasteiger partial charge in [-0.1, -0.05) is 6.07 Å². The second-order valence-corrected chi connectivity index (χ2v) is 6.50. The first-order valence-electron chi connectivity index (χ1n) is 7.83. The number of halogens is 1. The first-order chi connectivity index (χ1) is 12.0. The van der Waals surface area contributed by atoms with Crippen molar-refractivity contribution in [2.24, 2.45) is 0 Å². The van der Waals surface area contributed by atoms with Crippen LogP contribution in [-0.2, 0) is 0 Å². The average molecular weight is 399 g/mol. The molecule has 5 nitrogen and oxygen atoms in total. The predicted molar refractivity (Wildman–Crippen MR) is 105 cm³/mol. The zero-order chi connectivity index (χ0) is 17.8. The lowest BCUT2D eigenvalue weighted by atomic mass is 10.2. The molecule has 3 aromatic rings. The molecule has 0 spiro atoms. The number of nitrogens with one attached hydrogen (secondary N) is 2. The molecule has 6 heteroatoms. The van der Waals surface area contributed by atoms with Gasteiger partial charge in [0.05, 0.1) is 12.8 Å². The third-order valence-corrected chi connectivity index (χ3v) is 4.24. The summed E-state index contributed by atoms with van der Waals surface area (Å²) in [6.07, 6.45) is 0. The zero-order valence-electron chi connectivity index (χ0n) is 14.3. The molecule has 0 atom stereocenters. The molecule has 0 radical (unpaired) electrons. The van der Waals surface area contributed by atoms with Crippen LogP contribution in [0.3, 0.4) is 0 Å². The van der Waals surface area contributed by atoms with Crippen molar-refractivity contribution in [1.29, 1.82) is 0 Å². The van der Waals surface area contributed by atoms with Gasteiger partial charge in [-0.2, -0.15) is 0 Å². The number of benzene rings is 2. The lowest BCUT2D eigenvalue weighted by Crippen LogP contribution is -2.02. The Hall–Kier alpha value is -2.60. The van der Waals surface area contributed by atoms with E-state index < -0.39 is 0 Å². The first-order valence-corrected chi connectivity index (χ1v) is 8.63. The van der Waals surface area contributed by atoms with Crippen LogP contribution in [0.2, 0.25) is 0 Å². The van der Waals surface area contributed by atoms with Gasteiger partial charge < -0.3 is 15.4 Å². The Kier molecular flexibility index (Phi) is 5.19. The Morgan fingerprint density at radius 3 is 2.20 bits per heavy atom. The molecular formula is C19H19BrN4O. The molecule has 2 N–H and O–H groups in total. The van der Waals surface area contributed by atoms with E-state index >= 15 is 0 Å². The molecule has 128 valence electrons. The van der Waals surface area contributed by atoms with Crippen LogP contribution in [0.15, 0.2) is 53.0 Å². The summed E-state index contributed by atoms with van der Waals surface area (Å²) < 4.78 is 6.17. The van der Waals surface area contributed by atoms with E-state index in [9.17, 15) is 0 Å². The second-order valence-electron chi connectivity index (χ2n) is 5.65. The van der Waals surface area contributed by atoms with E-state index in [0.29, 0.717) is 5.82 Å². The lowest BCUT2D eigenvalue weighted by molar-refractivity contribution is 0.415. The van der Waals surface area contributed by atoms with Gasteiger partial charge in [-0.15, -0.1) is 0 Å². The van der Waals surface area contributed by atoms with Crippen LogP contribution >= 0.6 is 15.9 Å². The van der Waals surface area contributed by atoms with Gasteiger partial charge in [-0.3, -0.25) is 0 Å². The van der Waals surface area contributed by atoms with Crippen LogP contribution in [0.4, 0.5) is 23.0 Å². The number of hydrogen-bond acceptors (Lipinski definition) is 5. The van der Waals surface area contributed by atoms with E-state index in [0.717, 1.165) is 33.2 Å². The molecule has 25 heavy (non-hydrogen) atoms. The van der Waals surface area contributed by atoms with E-state index in [1.54, 1.807) is 7.11 Å². The molecule has 0 aliphatic carbocycles. The molecule has 0 aliphatic heterocycles. The molecule has 0 bridgehead atoms. The van der Waals surface area contributed by atoms with Crippen molar-refractivity contribution >= 4 is 38.9 Å². The third kappa shape index (κ3) is 4.48. The van der Waals surface area contributed by atoms with Gasteiger partial charge in [0.25, 0.3) is 0 Å². The maximum atomic E-state index is 5.18. The van der Waals surface area contributed by atoms with Gasteiger partial charge in [0.2, 0.25) is 0 Å². The highest BCUT2D eigenvalue weighted by atomic mass is 79.9. The molecule has 0 amide bonds. The fourth-order valence-electron chi connectivity index (χ4n) is 2.38. The summed E-state index contributed by atoms with van der Waals surface area (Å²) in [6.45, 7) is 3.93. The lowest BCUT2D eigenvalue weighted by Gasteiger charge is -2.12. The molecule has 0 unspecified atom stereocenters. The number of hydrogen-bond donors (Lipinski definition) is 2. The van der Waals surface area contributed by atoms with Crippen LogP contribution < -0.4 is 15.4 Å². The van der Waals surface area contributed by atoms with Gasteiger partial charge in [0.15, 0.2) is 0 Å². The summed E-state index contributed by atoms with van der Waals surface area (Å²) in [5.74, 6) is 2.96. The van der Waals surface area contributed by atoms with Crippen LogP contribution in [0, 0.1) is 13.8 Å². The highest BCUT2D eigenvalue weighted by Gasteiger charge is 2.06. The third-order valence-electron chi connectivity index (χ3n) is 3.59. The maximum absolute atomic E-state index is 5.18. The Bertz CT molecular complexity index is 881. The quantitative estimate of drug-likeness (QED) is 0.606. The minimum atomic E-state index is 0.684. The number of nitrogens with zero attached hydrogens (tertiary/aromatic N) is 2. The van der Waals surface area contributed by atoms with Crippen molar-refractivity contribution in [2.45, 2.75) is 13.8 Å². The summed E-state index contributed by atoms with van der Waals surface area (Å²) >= 11 is 3.58. The molecule has 1 aromatic heterocycles. The van der Waals surface area contributed by atoms with Crippen molar-refractivity contribution in [3.63, 3.8) is 0 Å². The number of aryl methyl sites for hydroxylation is 2. The Balaban J connectivity index is 1.82. The average Bonchev–Trinajstić information content (AvgIpc) is 2.58. The zero-order valence-corrected chi connectivity index (χ0v) is 15.9. The van der Waals surface area contributed by atoms with Gasteiger partial charge in [0, 0.05) is 16.2 Å². The standard InChI is InChI=1S/C19H19BrN4O/c1-12-4-9-17(16(20)10-12)24-19-11-18(21-13(2)22-19)23-14-5-7-15(25-3)8-6-14/h4-11H,1-3H3,(H2,21,22,23,24). The summed E-state index contributed by atoms with van der Waals surface area (Å²) in [5.41, 5.74) is 3.08. The monoisotopic (exact) mass is 398 g/mol. The van der Waals surface area contributed by atoms with Gasteiger partial charge in [0.1, 0.15) is 23.2 Å². The topological polar surface area (TPSA) is 59.1 Å². The number of aromatic nitrogens is 2. The molecule has 0 fully saturated rings. The van der Waals surface area contributed by atoms with Crippen LogP contribution in [0.5, 0.6) is 5.75 Å². The highest BCUT2D eigenvalue weighted by Crippen LogP contribution is 2.27. The highest BCUT2D eigenvalue weighted by molar-refractivity contribution is 9.10. The van der Waals surface area contributed by atoms with Crippen molar-refractivity contribution < 1.29 is 4.74 Å². The summed E-state index contributed by atoms with van der Waals surface area (Å²) in [7, 11) is 1.65. The smallest absolute Gasteiger partial charge is 0.136 e. The van der Waals surface area contributed by atoms with Crippen LogP contribution in [0.1, 0.15) is 11.4 Å². The minimum Gasteiger partial charge on any atom is -0.497 e. The van der Waals surface area contributed by atoms with E-state index in [1.165, 1.54) is 5.56 Å². The van der Waals surface area contributed by atoms with Crippen molar-refractivity contribution in [2.75, 3.05) is 17.7 Å². The molecule has 1 heterocycles. The Morgan fingerprint density at radius 2 is 1.56 bits per heavy atom. The van der Waals surface area contributed by atoms with Gasteiger partial charge >= 0.3 is 0 Å². The number of ether oxygens (including phenoxy) is 1. The predicted octanol–water partition coefficient (Wildman–Crippen LogP) is 5.35. The molecule has 0 aliphatic rings. The normalized spacial score (nSPS) is 10.4. The molecule has 2 aromatic carbocycles. The van der Waals surface area contributed by atoms with Crippen LogP contribution in [0.25, 0.3) is 0 Å². The Labute approximate surface area is 155 Å². The van der Waals surface area contributed by atoms with Crippen molar-refractivity contribution in [1.82, 2.24) is 9.97 Å².